The Bertz CT molecular complexity index is 1650. The standard InChI is InChI=1S/C34H35FIN3O4S/c1-25(2)22-37-34(41)32(21-26-11-5-3-6-12-26)38(23-27-13-9-10-16-31(27)35)33(40)24-39(29-19-17-28(36)18-20-29)44(42,43)30-14-7-4-8-15-30/h3-20,25,32H,21-24H2,1-2H3,(H,37,41)/t32-/m1/s1. The molecule has 0 unspecified atom stereocenters. The molecule has 0 saturated heterocycles. The zero-order valence-electron chi connectivity index (χ0n) is 24.6. The van der Waals surface area contributed by atoms with Crippen molar-refractivity contribution in [1.29, 1.82) is 0 Å². The molecule has 0 radical (unpaired) electrons. The Hall–Kier alpha value is -3.77. The molecule has 44 heavy (non-hydrogen) atoms. The van der Waals surface area contributed by atoms with Crippen LogP contribution in [0.5, 0.6) is 0 Å². The van der Waals surface area contributed by atoms with E-state index in [1.165, 1.54) is 23.1 Å². The van der Waals surface area contributed by atoms with Crippen LogP contribution in [0.3, 0.4) is 0 Å². The normalized spacial score (nSPS) is 12.0. The lowest BCUT2D eigenvalue weighted by Gasteiger charge is -2.34. The number of halogens is 2. The Balaban J connectivity index is 1.79. The molecule has 0 spiro atoms. The molecule has 0 bridgehead atoms. The van der Waals surface area contributed by atoms with Crippen molar-refractivity contribution in [1.82, 2.24) is 10.2 Å². The minimum atomic E-state index is -4.19. The molecule has 0 aliphatic rings. The van der Waals surface area contributed by atoms with E-state index in [2.05, 4.69) is 27.9 Å². The first kappa shape index (κ1) is 33.1. The van der Waals surface area contributed by atoms with Gasteiger partial charge >= 0.3 is 0 Å². The summed E-state index contributed by atoms with van der Waals surface area (Å²) >= 11 is 2.12. The fourth-order valence-electron chi connectivity index (χ4n) is 4.64. The van der Waals surface area contributed by atoms with Gasteiger partial charge in [-0.05, 0) is 76.5 Å². The molecule has 230 valence electrons. The molecular weight excluding hydrogens is 692 g/mol. The largest absolute Gasteiger partial charge is 0.354 e. The number of nitrogens with zero attached hydrogens (tertiary/aromatic N) is 2. The van der Waals surface area contributed by atoms with Gasteiger partial charge in [-0.15, -0.1) is 0 Å². The monoisotopic (exact) mass is 727 g/mol. The van der Waals surface area contributed by atoms with Crippen LogP contribution in [-0.2, 0) is 32.6 Å². The minimum Gasteiger partial charge on any atom is -0.354 e. The lowest BCUT2D eigenvalue weighted by atomic mass is 10.0. The molecule has 0 aliphatic carbocycles. The Morgan fingerprint density at radius 1 is 0.841 bits per heavy atom. The van der Waals surface area contributed by atoms with E-state index in [1.807, 2.05) is 44.2 Å². The van der Waals surface area contributed by atoms with Crippen molar-refractivity contribution in [3.63, 3.8) is 0 Å². The van der Waals surface area contributed by atoms with Gasteiger partial charge < -0.3 is 10.2 Å². The molecule has 1 N–H and O–H groups in total. The first-order valence-electron chi connectivity index (χ1n) is 14.2. The molecule has 4 rings (SSSR count). The van der Waals surface area contributed by atoms with Gasteiger partial charge in [0.1, 0.15) is 18.4 Å². The zero-order valence-corrected chi connectivity index (χ0v) is 27.5. The molecule has 4 aromatic rings. The van der Waals surface area contributed by atoms with Crippen molar-refractivity contribution in [2.75, 3.05) is 17.4 Å². The quantitative estimate of drug-likeness (QED) is 0.170. The molecule has 10 heteroatoms. The van der Waals surface area contributed by atoms with Crippen LogP contribution in [0.1, 0.15) is 25.0 Å². The number of hydrogen-bond donors (Lipinski definition) is 1. The number of carbonyl (C=O) groups excluding carboxylic acids is 2. The van der Waals surface area contributed by atoms with E-state index in [0.29, 0.717) is 6.54 Å². The van der Waals surface area contributed by atoms with E-state index in [4.69, 9.17) is 0 Å². The topological polar surface area (TPSA) is 86.8 Å². The van der Waals surface area contributed by atoms with Crippen LogP contribution in [0.2, 0.25) is 0 Å². The Morgan fingerprint density at radius 2 is 1.43 bits per heavy atom. The van der Waals surface area contributed by atoms with E-state index in [1.54, 1.807) is 60.7 Å². The molecule has 0 saturated carbocycles. The summed E-state index contributed by atoms with van der Waals surface area (Å²) in [5, 5.41) is 2.93. The summed E-state index contributed by atoms with van der Waals surface area (Å²) in [5.74, 6) is -1.43. The van der Waals surface area contributed by atoms with Gasteiger partial charge in [-0.2, -0.15) is 0 Å². The van der Waals surface area contributed by atoms with Crippen molar-refractivity contribution in [2.45, 2.75) is 37.8 Å². The zero-order chi connectivity index (χ0) is 31.7. The fraction of sp³-hybridized carbons (Fsp3) is 0.235. The lowest BCUT2D eigenvalue weighted by molar-refractivity contribution is -0.140. The molecule has 0 aliphatic heterocycles. The number of amides is 2. The van der Waals surface area contributed by atoms with Crippen LogP contribution in [0.25, 0.3) is 0 Å². The second-order valence-electron chi connectivity index (χ2n) is 10.8. The first-order valence-corrected chi connectivity index (χ1v) is 16.8. The van der Waals surface area contributed by atoms with Gasteiger partial charge in [0.05, 0.1) is 10.6 Å². The van der Waals surface area contributed by atoms with Gasteiger partial charge in [-0.3, -0.25) is 13.9 Å². The number of benzene rings is 4. The summed E-state index contributed by atoms with van der Waals surface area (Å²) in [5.41, 5.74) is 1.30. The van der Waals surface area contributed by atoms with E-state index in [9.17, 15) is 22.4 Å². The van der Waals surface area contributed by atoms with Crippen molar-refractivity contribution in [3.8, 4) is 0 Å². The second kappa shape index (κ2) is 15.3. The molecule has 7 nitrogen and oxygen atoms in total. The number of rotatable bonds is 13. The van der Waals surface area contributed by atoms with Crippen LogP contribution in [0, 0.1) is 15.3 Å². The summed E-state index contributed by atoms with van der Waals surface area (Å²) in [7, 11) is -4.19. The Morgan fingerprint density at radius 3 is 2.05 bits per heavy atom. The predicted molar refractivity (Wildman–Crippen MR) is 179 cm³/mol. The van der Waals surface area contributed by atoms with E-state index >= 15 is 0 Å². The van der Waals surface area contributed by atoms with Gasteiger partial charge in [0.25, 0.3) is 10.0 Å². The van der Waals surface area contributed by atoms with Crippen molar-refractivity contribution in [3.05, 3.63) is 130 Å². The summed E-state index contributed by atoms with van der Waals surface area (Å²) in [6.45, 7) is 3.46. The van der Waals surface area contributed by atoms with Gasteiger partial charge in [-0.1, -0.05) is 80.6 Å². The maximum atomic E-state index is 15.0. The first-order chi connectivity index (χ1) is 21.1. The molecule has 0 fully saturated rings. The van der Waals surface area contributed by atoms with E-state index in [-0.39, 0.29) is 35.0 Å². The fourth-order valence-corrected chi connectivity index (χ4v) is 6.44. The van der Waals surface area contributed by atoms with Crippen LogP contribution in [0.15, 0.2) is 114 Å². The van der Waals surface area contributed by atoms with E-state index < -0.39 is 40.2 Å². The van der Waals surface area contributed by atoms with Gasteiger partial charge in [0.15, 0.2) is 0 Å². The summed E-state index contributed by atoms with van der Waals surface area (Å²) < 4.78 is 44.9. The Kier molecular flexibility index (Phi) is 11.5. The maximum absolute atomic E-state index is 15.0. The summed E-state index contributed by atoms with van der Waals surface area (Å²) in [6.07, 6.45) is 0.153. The summed E-state index contributed by atoms with van der Waals surface area (Å²) in [4.78, 5) is 29.4. The van der Waals surface area contributed by atoms with Gasteiger partial charge in [-0.25, -0.2) is 12.8 Å². The molecule has 1 atom stereocenters. The molecular formula is C34H35FIN3O4S. The number of sulfonamides is 1. The van der Waals surface area contributed by atoms with Gasteiger partial charge in [0.2, 0.25) is 11.8 Å². The number of hydrogen-bond acceptors (Lipinski definition) is 4. The van der Waals surface area contributed by atoms with Crippen LogP contribution in [-0.4, -0.2) is 44.3 Å². The van der Waals surface area contributed by atoms with E-state index in [0.717, 1.165) is 13.4 Å². The van der Waals surface area contributed by atoms with Gasteiger partial charge in [0, 0.05) is 28.6 Å². The highest BCUT2D eigenvalue weighted by Crippen LogP contribution is 2.26. The maximum Gasteiger partial charge on any atom is 0.264 e. The molecule has 0 heterocycles. The predicted octanol–water partition coefficient (Wildman–Crippen LogP) is 6.04. The SMILES string of the molecule is CC(C)CNC(=O)[C@@H](Cc1ccccc1)N(Cc1ccccc1F)C(=O)CN(c1ccc(I)cc1)S(=O)(=O)c1ccccc1. The highest BCUT2D eigenvalue weighted by molar-refractivity contribution is 14.1. The highest BCUT2D eigenvalue weighted by Gasteiger charge is 2.35. The molecule has 4 aromatic carbocycles. The highest BCUT2D eigenvalue weighted by atomic mass is 127. The van der Waals surface area contributed by atoms with Crippen LogP contribution < -0.4 is 9.62 Å². The smallest absolute Gasteiger partial charge is 0.264 e. The minimum absolute atomic E-state index is 0.0162. The molecule has 2 amide bonds. The third kappa shape index (κ3) is 8.66. The van der Waals surface area contributed by atoms with Crippen molar-refractivity contribution in [2.24, 2.45) is 5.92 Å². The molecule has 0 aromatic heterocycles. The lowest BCUT2D eigenvalue weighted by Crippen LogP contribution is -2.53. The van der Waals surface area contributed by atoms with Crippen LogP contribution in [0.4, 0.5) is 10.1 Å². The number of carbonyl (C=O) groups is 2. The summed E-state index contributed by atoms with van der Waals surface area (Å²) in [6, 6.07) is 28.9. The number of anilines is 1. The number of nitrogens with one attached hydrogen (secondary N) is 1. The third-order valence-electron chi connectivity index (χ3n) is 6.98. The van der Waals surface area contributed by atoms with Crippen LogP contribution >= 0.6 is 22.6 Å². The Labute approximate surface area is 272 Å². The van der Waals surface area contributed by atoms with Crippen molar-refractivity contribution < 1.29 is 22.4 Å². The van der Waals surface area contributed by atoms with Crippen molar-refractivity contribution >= 4 is 50.1 Å². The average molecular weight is 728 g/mol. The second-order valence-corrected chi connectivity index (χ2v) is 13.9. The third-order valence-corrected chi connectivity index (χ3v) is 9.49. The average Bonchev–Trinajstić information content (AvgIpc) is 3.02.